The Hall–Kier alpha value is -2.34. The van der Waals surface area contributed by atoms with E-state index >= 15 is 0 Å². The topological polar surface area (TPSA) is 64.6 Å². The maximum atomic E-state index is 12.3. The number of rotatable bonds is 5. The maximum absolute atomic E-state index is 12.3. The number of hydrogen-bond donors (Lipinski definition) is 1. The van der Waals surface area contributed by atoms with Gasteiger partial charge in [-0.1, -0.05) is 34.1 Å². The summed E-state index contributed by atoms with van der Waals surface area (Å²) in [7, 11) is 0. The molecular formula is C19H18BrNO4. The first-order valence-corrected chi connectivity index (χ1v) is 8.87. The van der Waals surface area contributed by atoms with Crippen LogP contribution in [0.5, 0.6) is 5.75 Å². The number of esters is 1. The van der Waals surface area contributed by atoms with Crippen molar-refractivity contribution in [2.75, 3.05) is 11.9 Å². The van der Waals surface area contributed by atoms with Gasteiger partial charge in [0.05, 0.1) is 12.5 Å². The van der Waals surface area contributed by atoms with E-state index in [1.54, 1.807) is 31.2 Å². The average Bonchev–Trinajstić information content (AvgIpc) is 3.37. The van der Waals surface area contributed by atoms with E-state index in [0.717, 1.165) is 16.5 Å². The second-order valence-electron chi connectivity index (χ2n) is 5.79. The second kappa shape index (κ2) is 7.70. The molecule has 1 aliphatic carbocycles. The van der Waals surface area contributed by atoms with Gasteiger partial charge in [0.15, 0.2) is 0 Å². The van der Waals surface area contributed by atoms with E-state index in [1.165, 1.54) is 0 Å². The lowest BCUT2D eigenvalue weighted by Crippen LogP contribution is -2.14. The van der Waals surface area contributed by atoms with Gasteiger partial charge in [0.2, 0.25) is 0 Å². The van der Waals surface area contributed by atoms with E-state index in [4.69, 9.17) is 9.47 Å². The Morgan fingerprint density at radius 2 is 1.96 bits per heavy atom. The molecule has 0 spiro atoms. The van der Waals surface area contributed by atoms with E-state index in [0.29, 0.717) is 18.0 Å². The standard InChI is InChI=1S/C19H18BrNO4/c1-2-24-19(23)21-14-4-3-5-15(10-14)25-18(22)17-11-16(17)12-6-8-13(20)9-7-12/h3-10,16-17H,2,11H2,1H3,(H,21,23). The van der Waals surface area contributed by atoms with Crippen LogP contribution in [0.25, 0.3) is 0 Å². The highest BCUT2D eigenvalue weighted by atomic mass is 79.9. The van der Waals surface area contributed by atoms with Gasteiger partial charge < -0.3 is 9.47 Å². The molecule has 2 aromatic carbocycles. The number of hydrogen-bond acceptors (Lipinski definition) is 4. The van der Waals surface area contributed by atoms with Crippen molar-refractivity contribution >= 4 is 33.7 Å². The van der Waals surface area contributed by atoms with Crippen LogP contribution in [0.15, 0.2) is 53.0 Å². The fraction of sp³-hybridized carbons (Fsp3) is 0.263. The molecule has 0 saturated heterocycles. The van der Waals surface area contributed by atoms with E-state index in [1.807, 2.05) is 24.3 Å². The Bertz CT molecular complexity index is 775. The van der Waals surface area contributed by atoms with Crippen molar-refractivity contribution in [3.63, 3.8) is 0 Å². The van der Waals surface area contributed by atoms with Crippen LogP contribution in [-0.2, 0) is 9.53 Å². The smallest absolute Gasteiger partial charge is 0.411 e. The molecule has 0 aromatic heterocycles. The lowest BCUT2D eigenvalue weighted by atomic mass is 10.1. The highest BCUT2D eigenvalue weighted by Gasteiger charge is 2.45. The molecule has 5 nitrogen and oxygen atoms in total. The molecule has 0 bridgehead atoms. The minimum atomic E-state index is -0.538. The molecule has 1 N–H and O–H groups in total. The summed E-state index contributed by atoms with van der Waals surface area (Å²) < 4.78 is 11.3. The Balaban J connectivity index is 1.58. The number of benzene rings is 2. The quantitative estimate of drug-likeness (QED) is 0.578. The summed E-state index contributed by atoms with van der Waals surface area (Å²) in [5.41, 5.74) is 1.66. The zero-order valence-electron chi connectivity index (χ0n) is 13.7. The molecule has 0 radical (unpaired) electrons. The van der Waals surface area contributed by atoms with Crippen LogP contribution in [0.1, 0.15) is 24.8 Å². The molecule has 2 aromatic rings. The highest BCUT2D eigenvalue weighted by Crippen LogP contribution is 2.48. The molecule has 3 rings (SSSR count). The van der Waals surface area contributed by atoms with Crippen LogP contribution in [0.4, 0.5) is 10.5 Å². The third kappa shape index (κ3) is 4.60. The molecular weight excluding hydrogens is 386 g/mol. The highest BCUT2D eigenvalue weighted by molar-refractivity contribution is 9.10. The van der Waals surface area contributed by atoms with Crippen LogP contribution in [0.2, 0.25) is 0 Å². The Kier molecular flexibility index (Phi) is 5.38. The first kappa shape index (κ1) is 17.5. The zero-order chi connectivity index (χ0) is 17.8. The normalized spacial score (nSPS) is 18.3. The first-order valence-electron chi connectivity index (χ1n) is 8.08. The van der Waals surface area contributed by atoms with Gasteiger partial charge in [-0.05, 0) is 49.1 Å². The summed E-state index contributed by atoms with van der Waals surface area (Å²) in [6, 6.07) is 14.7. The van der Waals surface area contributed by atoms with E-state index < -0.39 is 6.09 Å². The van der Waals surface area contributed by atoms with E-state index in [2.05, 4.69) is 21.2 Å². The van der Waals surface area contributed by atoms with Crippen molar-refractivity contribution in [2.24, 2.45) is 5.92 Å². The third-order valence-electron chi connectivity index (χ3n) is 3.97. The third-order valence-corrected chi connectivity index (χ3v) is 4.49. The second-order valence-corrected chi connectivity index (χ2v) is 6.71. The Morgan fingerprint density at radius 3 is 2.68 bits per heavy atom. The molecule has 0 aliphatic heterocycles. The van der Waals surface area contributed by atoms with Crippen LogP contribution >= 0.6 is 15.9 Å². The molecule has 2 atom stereocenters. The summed E-state index contributed by atoms with van der Waals surface area (Å²) in [6.07, 6.45) is 0.254. The number of amides is 1. The SMILES string of the molecule is CCOC(=O)Nc1cccc(OC(=O)C2CC2c2ccc(Br)cc2)c1. The fourth-order valence-corrected chi connectivity index (χ4v) is 2.91. The van der Waals surface area contributed by atoms with Crippen molar-refractivity contribution in [1.29, 1.82) is 0 Å². The van der Waals surface area contributed by atoms with Crippen molar-refractivity contribution in [2.45, 2.75) is 19.3 Å². The van der Waals surface area contributed by atoms with E-state index in [-0.39, 0.29) is 17.8 Å². The number of carbonyl (C=O) groups excluding carboxylic acids is 2. The van der Waals surface area contributed by atoms with Crippen LogP contribution < -0.4 is 10.1 Å². The van der Waals surface area contributed by atoms with Gasteiger partial charge in [0.1, 0.15) is 5.75 Å². The largest absolute Gasteiger partial charge is 0.450 e. The van der Waals surface area contributed by atoms with Crippen molar-refractivity contribution < 1.29 is 19.1 Å². The van der Waals surface area contributed by atoms with Gasteiger partial charge in [-0.2, -0.15) is 0 Å². The number of nitrogens with one attached hydrogen (secondary N) is 1. The maximum Gasteiger partial charge on any atom is 0.411 e. The summed E-state index contributed by atoms with van der Waals surface area (Å²) >= 11 is 3.41. The van der Waals surface area contributed by atoms with Crippen molar-refractivity contribution in [3.8, 4) is 5.75 Å². The van der Waals surface area contributed by atoms with Crippen LogP contribution in [0.3, 0.4) is 0 Å². The monoisotopic (exact) mass is 403 g/mol. The number of ether oxygens (including phenoxy) is 2. The van der Waals surface area contributed by atoms with Gasteiger partial charge in [-0.25, -0.2) is 4.79 Å². The Morgan fingerprint density at radius 1 is 1.20 bits per heavy atom. The minimum absolute atomic E-state index is 0.122. The van der Waals surface area contributed by atoms with Gasteiger partial charge >= 0.3 is 12.1 Å². The summed E-state index contributed by atoms with van der Waals surface area (Å²) in [4.78, 5) is 23.8. The molecule has 2 unspecified atom stereocenters. The Labute approximate surface area is 154 Å². The summed E-state index contributed by atoms with van der Waals surface area (Å²) in [5, 5.41) is 2.58. The minimum Gasteiger partial charge on any atom is -0.450 e. The van der Waals surface area contributed by atoms with Crippen molar-refractivity contribution in [1.82, 2.24) is 0 Å². The van der Waals surface area contributed by atoms with Gasteiger partial charge in [0, 0.05) is 16.2 Å². The number of halogens is 1. The lowest BCUT2D eigenvalue weighted by Gasteiger charge is -2.08. The van der Waals surface area contributed by atoms with Crippen LogP contribution in [-0.4, -0.2) is 18.7 Å². The van der Waals surface area contributed by atoms with E-state index in [9.17, 15) is 9.59 Å². The first-order chi connectivity index (χ1) is 12.1. The predicted octanol–water partition coefficient (Wildman–Crippen LogP) is 4.73. The molecule has 25 heavy (non-hydrogen) atoms. The summed E-state index contributed by atoms with van der Waals surface area (Å²) in [5.74, 6) is 0.242. The summed E-state index contributed by atoms with van der Waals surface area (Å²) in [6.45, 7) is 2.02. The van der Waals surface area contributed by atoms with Crippen molar-refractivity contribution in [3.05, 3.63) is 58.6 Å². The molecule has 6 heteroatoms. The molecule has 1 saturated carbocycles. The number of carbonyl (C=O) groups is 2. The zero-order valence-corrected chi connectivity index (χ0v) is 15.3. The van der Waals surface area contributed by atoms with Crippen LogP contribution in [0, 0.1) is 5.92 Å². The fourth-order valence-electron chi connectivity index (χ4n) is 2.65. The molecule has 1 fully saturated rings. The molecule has 1 amide bonds. The molecule has 130 valence electrons. The van der Waals surface area contributed by atoms with Gasteiger partial charge in [0.25, 0.3) is 0 Å². The number of anilines is 1. The predicted molar refractivity (Wildman–Crippen MR) is 97.7 cm³/mol. The van der Waals surface area contributed by atoms with Gasteiger partial charge in [-0.3, -0.25) is 10.1 Å². The average molecular weight is 404 g/mol. The molecule has 1 aliphatic rings. The molecule has 0 heterocycles. The van der Waals surface area contributed by atoms with Gasteiger partial charge in [-0.15, -0.1) is 0 Å². The lowest BCUT2D eigenvalue weighted by molar-refractivity contribution is -0.135.